The average Bonchev–Trinajstić information content (AvgIpc) is 3.29. The number of hydrogen-bond donors (Lipinski definition) is 0. The Morgan fingerprint density at radius 3 is 2.85 bits per heavy atom. The van der Waals surface area contributed by atoms with E-state index in [2.05, 4.69) is 9.88 Å². The largest absolute Gasteiger partial charge is 0.484 e. The molecule has 1 aromatic heterocycles. The number of carbonyl (C=O) groups excluding carboxylic acids is 1. The van der Waals surface area contributed by atoms with E-state index < -0.39 is 11.7 Å². The highest BCUT2D eigenvalue weighted by molar-refractivity contribution is 5.92. The maximum Gasteiger partial charge on any atom is 0.416 e. The van der Waals surface area contributed by atoms with Crippen LogP contribution in [-0.4, -0.2) is 53.9 Å². The van der Waals surface area contributed by atoms with Crippen LogP contribution in [0.2, 0.25) is 0 Å². The second-order valence-corrected chi connectivity index (χ2v) is 6.60. The van der Waals surface area contributed by atoms with Gasteiger partial charge in [0, 0.05) is 19.1 Å². The Balaban J connectivity index is 1.59. The molecular formula is C18H20F3N3O3. The van der Waals surface area contributed by atoms with Gasteiger partial charge in [0.15, 0.2) is 12.3 Å². The zero-order valence-corrected chi connectivity index (χ0v) is 15.0. The van der Waals surface area contributed by atoms with Gasteiger partial charge in [-0.15, -0.1) is 0 Å². The highest BCUT2D eigenvalue weighted by Crippen LogP contribution is 2.31. The number of aromatic nitrogens is 1. The summed E-state index contributed by atoms with van der Waals surface area (Å²) in [5.41, 5.74) is -0.634. The van der Waals surface area contributed by atoms with Crippen molar-refractivity contribution in [3.05, 3.63) is 47.7 Å². The molecule has 1 atom stereocenters. The van der Waals surface area contributed by atoms with E-state index in [-0.39, 0.29) is 29.8 Å². The minimum atomic E-state index is -4.44. The second kappa shape index (κ2) is 7.59. The number of benzene rings is 1. The summed E-state index contributed by atoms with van der Waals surface area (Å²) in [7, 11) is 3.94. The first kappa shape index (κ1) is 19.2. The number of ether oxygens (including phenoxy) is 1. The van der Waals surface area contributed by atoms with E-state index in [9.17, 15) is 18.0 Å². The molecule has 2 heterocycles. The third-order valence-corrected chi connectivity index (χ3v) is 4.48. The van der Waals surface area contributed by atoms with Crippen LogP contribution in [0.1, 0.15) is 28.4 Å². The van der Waals surface area contributed by atoms with Gasteiger partial charge in [0.25, 0.3) is 5.91 Å². The highest BCUT2D eigenvalue weighted by Gasteiger charge is 2.31. The van der Waals surface area contributed by atoms with Crippen LogP contribution in [0.15, 0.2) is 34.9 Å². The molecule has 6 nitrogen and oxygen atoms in total. The molecule has 146 valence electrons. The maximum atomic E-state index is 12.7. The lowest BCUT2D eigenvalue weighted by atomic mass is 10.2. The lowest BCUT2D eigenvalue weighted by Gasteiger charge is -2.19. The quantitative estimate of drug-likeness (QED) is 0.794. The third kappa shape index (κ3) is 4.60. The molecule has 1 aromatic carbocycles. The molecule has 0 N–H and O–H groups in total. The molecular weight excluding hydrogens is 363 g/mol. The number of carbonyl (C=O) groups is 1. The van der Waals surface area contributed by atoms with Gasteiger partial charge in [0.05, 0.1) is 5.56 Å². The minimum Gasteiger partial charge on any atom is -0.484 e. The van der Waals surface area contributed by atoms with Crippen LogP contribution < -0.4 is 4.74 Å². The molecule has 1 amide bonds. The van der Waals surface area contributed by atoms with E-state index in [4.69, 9.17) is 9.15 Å². The number of rotatable bonds is 5. The number of likely N-dealkylation sites (N-methyl/N-ethyl adjacent to an activating group) is 1. The first-order valence-corrected chi connectivity index (χ1v) is 8.44. The Labute approximate surface area is 154 Å². The van der Waals surface area contributed by atoms with Gasteiger partial charge in [-0.2, -0.15) is 13.2 Å². The SMILES string of the molecule is CN(C)C1CCN(C(=O)c2coc(COc3cccc(C(F)(F)F)c3)n2)C1. The number of hydrogen-bond acceptors (Lipinski definition) is 5. The topological polar surface area (TPSA) is 58.8 Å². The molecule has 1 aliphatic rings. The second-order valence-electron chi connectivity index (χ2n) is 6.60. The lowest BCUT2D eigenvalue weighted by Crippen LogP contribution is -2.34. The molecule has 0 saturated carbocycles. The molecule has 27 heavy (non-hydrogen) atoms. The van der Waals surface area contributed by atoms with Gasteiger partial charge in [-0.05, 0) is 38.7 Å². The van der Waals surface area contributed by atoms with Crippen LogP contribution in [0.4, 0.5) is 13.2 Å². The van der Waals surface area contributed by atoms with Crippen molar-refractivity contribution in [3.63, 3.8) is 0 Å². The minimum absolute atomic E-state index is 0.0456. The number of amides is 1. The van der Waals surface area contributed by atoms with Crippen LogP contribution >= 0.6 is 0 Å². The van der Waals surface area contributed by atoms with Gasteiger partial charge in [-0.25, -0.2) is 4.98 Å². The molecule has 1 fully saturated rings. The van der Waals surface area contributed by atoms with Gasteiger partial charge in [0.2, 0.25) is 5.89 Å². The van der Waals surface area contributed by atoms with Gasteiger partial charge in [-0.1, -0.05) is 6.07 Å². The van der Waals surface area contributed by atoms with Crippen LogP contribution in [-0.2, 0) is 12.8 Å². The molecule has 0 spiro atoms. The van der Waals surface area contributed by atoms with Gasteiger partial charge in [0.1, 0.15) is 12.0 Å². The predicted molar refractivity (Wildman–Crippen MR) is 90.3 cm³/mol. The first-order chi connectivity index (χ1) is 12.7. The fraction of sp³-hybridized carbons (Fsp3) is 0.444. The Kier molecular flexibility index (Phi) is 5.41. The maximum absolute atomic E-state index is 12.7. The van der Waals surface area contributed by atoms with Crippen molar-refractivity contribution in [2.24, 2.45) is 0 Å². The molecule has 1 unspecified atom stereocenters. The fourth-order valence-corrected chi connectivity index (χ4v) is 2.89. The monoisotopic (exact) mass is 383 g/mol. The van der Waals surface area contributed by atoms with Crippen molar-refractivity contribution in [1.82, 2.24) is 14.8 Å². The number of oxazole rings is 1. The molecule has 2 aromatic rings. The van der Waals surface area contributed by atoms with Gasteiger partial charge < -0.3 is 19.0 Å². The smallest absolute Gasteiger partial charge is 0.416 e. The van der Waals surface area contributed by atoms with Crippen molar-refractivity contribution in [2.75, 3.05) is 27.2 Å². The van der Waals surface area contributed by atoms with Crippen LogP contribution in [0.25, 0.3) is 0 Å². The Hall–Kier alpha value is -2.55. The standard InChI is InChI=1S/C18H20F3N3O3/c1-23(2)13-6-7-24(9-13)17(25)15-10-27-16(22-15)11-26-14-5-3-4-12(8-14)18(19,20)21/h3-5,8,10,13H,6-7,9,11H2,1-2H3. The third-order valence-electron chi connectivity index (χ3n) is 4.48. The Morgan fingerprint density at radius 1 is 1.41 bits per heavy atom. The van der Waals surface area contributed by atoms with Gasteiger partial charge >= 0.3 is 6.18 Å². The lowest BCUT2D eigenvalue weighted by molar-refractivity contribution is -0.137. The van der Waals surface area contributed by atoms with E-state index >= 15 is 0 Å². The summed E-state index contributed by atoms with van der Waals surface area (Å²) in [6.45, 7) is 1.09. The van der Waals surface area contributed by atoms with Crippen molar-refractivity contribution in [3.8, 4) is 5.75 Å². The predicted octanol–water partition coefficient (Wildman–Crippen LogP) is 3.05. The first-order valence-electron chi connectivity index (χ1n) is 8.44. The fourth-order valence-electron chi connectivity index (χ4n) is 2.89. The number of halogens is 3. The van der Waals surface area contributed by atoms with Crippen LogP contribution in [0.5, 0.6) is 5.75 Å². The van der Waals surface area contributed by atoms with E-state index in [1.807, 2.05) is 14.1 Å². The molecule has 0 bridgehead atoms. The molecule has 0 radical (unpaired) electrons. The van der Waals surface area contributed by atoms with Crippen LogP contribution in [0, 0.1) is 0 Å². The highest BCUT2D eigenvalue weighted by atomic mass is 19.4. The number of nitrogens with zero attached hydrogens (tertiary/aromatic N) is 3. The zero-order valence-electron chi connectivity index (χ0n) is 15.0. The summed E-state index contributed by atoms with van der Waals surface area (Å²) < 4.78 is 48.7. The molecule has 1 saturated heterocycles. The van der Waals surface area contributed by atoms with Crippen molar-refractivity contribution in [2.45, 2.75) is 25.2 Å². The number of alkyl halides is 3. The molecule has 9 heteroatoms. The Morgan fingerprint density at radius 2 is 2.19 bits per heavy atom. The summed E-state index contributed by atoms with van der Waals surface area (Å²) in [6.07, 6.45) is -2.31. The van der Waals surface area contributed by atoms with Crippen molar-refractivity contribution in [1.29, 1.82) is 0 Å². The molecule has 0 aliphatic carbocycles. The summed E-state index contributed by atoms with van der Waals surface area (Å²) in [5, 5.41) is 0. The summed E-state index contributed by atoms with van der Waals surface area (Å²) in [4.78, 5) is 20.4. The normalized spacial score (nSPS) is 17.6. The van der Waals surface area contributed by atoms with Crippen molar-refractivity contribution >= 4 is 5.91 Å². The molecule has 3 rings (SSSR count). The van der Waals surface area contributed by atoms with Crippen molar-refractivity contribution < 1.29 is 27.1 Å². The zero-order chi connectivity index (χ0) is 19.6. The molecule has 1 aliphatic heterocycles. The van der Waals surface area contributed by atoms with Gasteiger partial charge in [-0.3, -0.25) is 4.79 Å². The van der Waals surface area contributed by atoms with E-state index in [1.54, 1.807) is 4.90 Å². The number of likely N-dealkylation sites (tertiary alicyclic amines) is 1. The van der Waals surface area contributed by atoms with E-state index in [0.717, 1.165) is 18.6 Å². The summed E-state index contributed by atoms with van der Waals surface area (Å²) >= 11 is 0. The Bertz CT molecular complexity index is 804. The summed E-state index contributed by atoms with van der Waals surface area (Å²) in [5.74, 6) is -0.0585. The average molecular weight is 383 g/mol. The van der Waals surface area contributed by atoms with Crippen LogP contribution in [0.3, 0.4) is 0 Å². The summed E-state index contributed by atoms with van der Waals surface area (Å²) in [6, 6.07) is 4.85. The van der Waals surface area contributed by atoms with E-state index in [1.165, 1.54) is 18.4 Å². The van der Waals surface area contributed by atoms with E-state index in [0.29, 0.717) is 19.1 Å².